The highest BCUT2D eigenvalue weighted by molar-refractivity contribution is 6.31. The number of nitrogens with one attached hydrogen (secondary N) is 1. The number of hydrogen-bond acceptors (Lipinski definition) is 6. The van der Waals surface area contributed by atoms with Crippen LogP contribution in [0.3, 0.4) is 0 Å². The number of hydrogen-bond donors (Lipinski definition) is 2. The van der Waals surface area contributed by atoms with Gasteiger partial charge in [0.05, 0.1) is 10.4 Å². The van der Waals surface area contributed by atoms with Crippen molar-refractivity contribution in [2.75, 3.05) is 17.8 Å². The van der Waals surface area contributed by atoms with E-state index >= 15 is 0 Å². The first kappa shape index (κ1) is 16.7. The Morgan fingerprint density at radius 2 is 1.93 bits per heavy atom. The molecule has 8 heteroatoms. The minimum absolute atomic E-state index is 0.0130. The van der Waals surface area contributed by atoms with E-state index in [9.17, 15) is 4.39 Å². The number of ether oxygens (including phenoxy) is 2. The van der Waals surface area contributed by atoms with Gasteiger partial charge in [0.2, 0.25) is 12.7 Å². The molecule has 0 spiro atoms. The largest absolute Gasteiger partial charge is 0.454 e. The highest BCUT2D eigenvalue weighted by Crippen LogP contribution is 2.41. The summed E-state index contributed by atoms with van der Waals surface area (Å²) < 4.78 is 30.0. The summed E-state index contributed by atoms with van der Waals surface area (Å²) in [7, 11) is 0. The molecule has 6 nitrogen and oxygen atoms in total. The van der Waals surface area contributed by atoms with Crippen molar-refractivity contribution in [3.63, 3.8) is 0 Å². The molecular weight excluding hydrogens is 385 g/mol. The van der Waals surface area contributed by atoms with Gasteiger partial charge in [0, 0.05) is 17.4 Å². The molecule has 0 atom stereocenters. The second-order valence-corrected chi connectivity index (χ2v) is 6.61. The molecule has 28 heavy (non-hydrogen) atoms. The van der Waals surface area contributed by atoms with Gasteiger partial charge in [-0.15, -0.1) is 0 Å². The molecule has 0 unspecified atom stereocenters. The van der Waals surface area contributed by atoms with E-state index < -0.39 is 5.82 Å². The number of nitrogens with two attached hydrogens (primary N) is 1. The standard InChI is InChI=1S/C20H13ClFN3O3/c21-13-8-11(2-3-14(13)22)25-18-12-5-6-24-17(19(12)28-20(18)23)10-1-4-15-16(7-10)27-9-26-15/h1-8,25H,9,23H2. The number of anilines is 3. The maximum absolute atomic E-state index is 13.4. The Balaban J connectivity index is 1.60. The Morgan fingerprint density at radius 1 is 1.07 bits per heavy atom. The summed E-state index contributed by atoms with van der Waals surface area (Å²) in [4.78, 5) is 4.45. The molecule has 0 amide bonds. The third-order valence-corrected chi connectivity index (χ3v) is 4.76. The van der Waals surface area contributed by atoms with Gasteiger partial charge in [0.25, 0.3) is 0 Å². The Bertz CT molecular complexity index is 1230. The molecule has 2 aromatic heterocycles. The van der Waals surface area contributed by atoms with Crippen LogP contribution in [0.2, 0.25) is 5.02 Å². The topological polar surface area (TPSA) is 82.5 Å². The first-order valence-electron chi connectivity index (χ1n) is 8.39. The molecule has 0 aliphatic carbocycles. The first-order valence-corrected chi connectivity index (χ1v) is 8.77. The first-order chi connectivity index (χ1) is 13.6. The van der Waals surface area contributed by atoms with Crippen LogP contribution in [0.1, 0.15) is 0 Å². The van der Waals surface area contributed by atoms with Gasteiger partial charge in [0.15, 0.2) is 17.1 Å². The van der Waals surface area contributed by atoms with Crippen molar-refractivity contribution in [3.05, 3.63) is 59.5 Å². The van der Waals surface area contributed by atoms with E-state index in [4.69, 9.17) is 31.2 Å². The molecule has 2 aromatic carbocycles. The maximum Gasteiger partial charge on any atom is 0.231 e. The second kappa shape index (κ2) is 6.31. The number of pyridine rings is 1. The smallest absolute Gasteiger partial charge is 0.231 e. The monoisotopic (exact) mass is 397 g/mol. The number of rotatable bonds is 3. The molecule has 1 aliphatic rings. The number of halogens is 2. The lowest BCUT2D eigenvalue weighted by molar-refractivity contribution is 0.174. The van der Waals surface area contributed by atoms with Gasteiger partial charge < -0.3 is 24.9 Å². The lowest BCUT2D eigenvalue weighted by atomic mass is 10.1. The zero-order chi connectivity index (χ0) is 19.3. The van der Waals surface area contributed by atoms with Crippen LogP contribution in [0, 0.1) is 5.82 Å². The minimum Gasteiger partial charge on any atom is -0.454 e. The molecule has 0 saturated heterocycles. The maximum atomic E-state index is 13.4. The lowest BCUT2D eigenvalue weighted by Gasteiger charge is -2.07. The third kappa shape index (κ3) is 2.68. The Labute approximate surface area is 163 Å². The molecule has 0 fully saturated rings. The number of fused-ring (bicyclic) bond motifs is 2. The van der Waals surface area contributed by atoms with E-state index in [2.05, 4.69) is 10.3 Å². The fourth-order valence-corrected chi connectivity index (χ4v) is 3.32. The minimum atomic E-state index is -0.494. The van der Waals surface area contributed by atoms with E-state index in [1.807, 2.05) is 18.2 Å². The summed E-state index contributed by atoms with van der Waals surface area (Å²) in [5, 5.41) is 3.89. The van der Waals surface area contributed by atoms with Crippen molar-refractivity contribution < 1.29 is 18.3 Å². The van der Waals surface area contributed by atoms with E-state index in [0.29, 0.717) is 34.2 Å². The van der Waals surface area contributed by atoms with Gasteiger partial charge in [-0.05, 0) is 42.5 Å². The predicted octanol–water partition coefficient (Wildman–Crippen LogP) is 5.34. The van der Waals surface area contributed by atoms with Crippen molar-refractivity contribution in [1.82, 2.24) is 4.98 Å². The predicted molar refractivity (Wildman–Crippen MR) is 105 cm³/mol. The average Bonchev–Trinajstić information content (AvgIpc) is 3.28. The van der Waals surface area contributed by atoms with Crippen molar-refractivity contribution in [1.29, 1.82) is 0 Å². The molecule has 140 valence electrons. The highest BCUT2D eigenvalue weighted by atomic mass is 35.5. The highest BCUT2D eigenvalue weighted by Gasteiger charge is 2.20. The molecule has 3 N–H and O–H groups in total. The van der Waals surface area contributed by atoms with Crippen LogP contribution in [0.5, 0.6) is 11.5 Å². The zero-order valence-corrected chi connectivity index (χ0v) is 15.1. The number of benzene rings is 2. The summed E-state index contributed by atoms with van der Waals surface area (Å²) in [5.74, 6) is 1.03. The fraction of sp³-hybridized carbons (Fsp3) is 0.0500. The Kier molecular flexibility index (Phi) is 3.77. The normalized spacial score (nSPS) is 12.5. The Morgan fingerprint density at radius 3 is 2.79 bits per heavy atom. The van der Waals surface area contributed by atoms with Gasteiger partial charge in [0.1, 0.15) is 17.2 Å². The average molecular weight is 398 g/mol. The number of aromatic nitrogens is 1. The van der Waals surface area contributed by atoms with Crippen molar-refractivity contribution in [3.8, 4) is 22.8 Å². The summed E-state index contributed by atoms with van der Waals surface area (Å²) >= 11 is 5.86. The van der Waals surface area contributed by atoms with Crippen LogP contribution in [-0.2, 0) is 0 Å². The summed E-state index contributed by atoms with van der Waals surface area (Å²) in [6.45, 7) is 0.193. The van der Waals surface area contributed by atoms with Crippen molar-refractivity contribution >= 4 is 39.8 Å². The Hall–Kier alpha value is -3.45. The zero-order valence-electron chi connectivity index (χ0n) is 14.3. The third-order valence-electron chi connectivity index (χ3n) is 4.47. The molecule has 5 rings (SSSR count). The molecular formula is C20H13ClFN3O3. The lowest BCUT2D eigenvalue weighted by Crippen LogP contribution is -1.94. The van der Waals surface area contributed by atoms with Crippen molar-refractivity contribution in [2.24, 2.45) is 0 Å². The van der Waals surface area contributed by atoms with E-state index in [0.717, 1.165) is 10.9 Å². The van der Waals surface area contributed by atoms with Crippen LogP contribution in [0.4, 0.5) is 21.6 Å². The van der Waals surface area contributed by atoms with Gasteiger partial charge in [-0.25, -0.2) is 4.39 Å². The van der Waals surface area contributed by atoms with Crippen LogP contribution >= 0.6 is 11.6 Å². The van der Waals surface area contributed by atoms with Crippen molar-refractivity contribution in [2.45, 2.75) is 0 Å². The van der Waals surface area contributed by atoms with E-state index in [-0.39, 0.29) is 17.7 Å². The van der Waals surface area contributed by atoms with E-state index in [1.54, 1.807) is 18.3 Å². The van der Waals surface area contributed by atoms with Gasteiger partial charge in [-0.3, -0.25) is 4.98 Å². The quantitative estimate of drug-likeness (QED) is 0.485. The summed E-state index contributed by atoms with van der Waals surface area (Å²) in [6.07, 6.45) is 1.67. The number of nitrogens with zero attached hydrogens (tertiary/aromatic N) is 1. The van der Waals surface area contributed by atoms with Gasteiger partial charge in [-0.2, -0.15) is 0 Å². The molecule has 0 bridgehead atoms. The molecule has 0 radical (unpaired) electrons. The van der Waals surface area contributed by atoms with Crippen LogP contribution in [0.25, 0.3) is 22.2 Å². The number of nitrogen functional groups attached to an aromatic ring is 1. The molecule has 3 heterocycles. The van der Waals surface area contributed by atoms with Crippen LogP contribution in [0.15, 0.2) is 53.1 Å². The fourth-order valence-electron chi connectivity index (χ4n) is 3.14. The summed E-state index contributed by atoms with van der Waals surface area (Å²) in [6, 6.07) is 11.7. The van der Waals surface area contributed by atoms with Gasteiger partial charge >= 0.3 is 0 Å². The van der Waals surface area contributed by atoms with Crippen LogP contribution < -0.4 is 20.5 Å². The van der Waals surface area contributed by atoms with Crippen LogP contribution in [-0.4, -0.2) is 11.8 Å². The van der Waals surface area contributed by atoms with Gasteiger partial charge in [-0.1, -0.05) is 11.6 Å². The second-order valence-electron chi connectivity index (χ2n) is 6.20. The molecule has 0 saturated carbocycles. The molecule has 1 aliphatic heterocycles. The number of furan rings is 1. The molecule has 4 aromatic rings. The SMILES string of the molecule is Nc1oc2c(-c3ccc4c(c3)OCO4)nccc2c1Nc1ccc(F)c(Cl)c1. The van der Waals surface area contributed by atoms with E-state index in [1.165, 1.54) is 12.1 Å². The summed E-state index contributed by atoms with van der Waals surface area (Å²) in [5.41, 5.74) is 9.19.